The predicted molar refractivity (Wildman–Crippen MR) is 131 cm³/mol. The third kappa shape index (κ3) is 6.63. The molecular formula is C27H32N2O5. The van der Waals surface area contributed by atoms with Crippen LogP contribution in [0.4, 0.5) is 0 Å². The maximum atomic E-state index is 13.0. The molecule has 3 rings (SSSR count). The summed E-state index contributed by atoms with van der Waals surface area (Å²) in [5.74, 6) is 2.21. The zero-order chi connectivity index (χ0) is 24.3. The first-order valence-electron chi connectivity index (χ1n) is 11.6. The monoisotopic (exact) mass is 464 g/mol. The molecule has 1 amide bonds. The lowest BCUT2D eigenvalue weighted by Crippen LogP contribution is -2.26. The standard InChI is InChI=1S/C27H32N2O5/c1-5-31-23-13-11-20(16-25(23)32-6-2)19(4)29-27(30)21-12-14-24(26(17-21)33-7-3)34-18-22-10-8-9-15-28-22/h8-17,19H,5-7,18H2,1-4H3,(H,29,30)/t19-/m1/s1. The number of hydrogen-bond acceptors (Lipinski definition) is 6. The number of aromatic nitrogens is 1. The van der Waals surface area contributed by atoms with Crippen molar-refractivity contribution in [2.75, 3.05) is 19.8 Å². The number of nitrogens with one attached hydrogen (secondary N) is 1. The lowest BCUT2D eigenvalue weighted by molar-refractivity contribution is 0.0939. The van der Waals surface area contributed by atoms with Gasteiger partial charge in [0.15, 0.2) is 23.0 Å². The molecule has 1 atom stereocenters. The lowest BCUT2D eigenvalue weighted by atomic mass is 10.1. The molecule has 3 aromatic rings. The van der Waals surface area contributed by atoms with Crippen LogP contribution >= 0.6 is 0 Å². The van der Waals surface area contributed by atoms with Crippen LogP contribution < -0.4 is 24.3 Å². The average Bonchev–Trinajstić information content (AvgIpc) is 2.85. The van der Waals surface area contributed by atoms with Crippen LogP contribution in [-0.4, -0.2) is 30.7 Å². The third-order valence-corrected chi connectivity index (χ3v) is 5.02. The first kappa shape index (κ1) is 24.9. The van der Waals surface area contributed by atoms with Crippen LogP contribution in [0.1, 0.15) is 55.4 Å². The summed E-state index contributed by atoms with van der Waals surface area (Å²) in [6, 6.07) is 16.3. The van der Waals surface area contributed by atoms with E-state index in [1.165, 1.54) is 0 Å². The number of pyridine rings is 1. The molecule has 0 aliphatic heterocycles. The summed E-state index contributed by atoms with van der Waals surface area (Å²) in [5, 5.41) is 3.04. The summed E-state index contributed by atoms with van der Waals surface area (Å²) in [7, 11) is 0. The number of amides is 1. The highest BCUT2D eigenvalue weighted by Crippen LogP contribution is 2.32. The van der Waals surface area contributed by atoms with Crippen LogP contribution in [0, 0.1) is 0 Å². The van der Waals surface area contributed by atoms with Gasteiger partial charge in [-0.25, -0.2) is 0 Å². The molecule has 0 spiro atoms. The molecule has 7 heteroatoms. The van der Waals surface area contributed by atoms with Crippen LogP contribution in [0.2, 0.25) is 0 Å². The van der Waals surface area contributed by atoms with E-state index in [0.29, 0.717) is 55.0 Å². The molecule has 0 fully saturated rings. The Balaban J connectivity index is 1.72. The van der Waals surface area contributed by atoms with Crippen LogP contribution in [0.3, 0.4) is 0 Å². The Labute approximate surface area is 201 Å². The molecular weight excluding hydrogens is 432 g/mol. The third-order valence-electron chi connectivity index (χ3n) is 5.02. The molecule has 34 heavy (non-hydrogen) atoms. The highest BCUT2D eigenvalue weighted by molar-refractivity contribution is 5.95. The van der Waals surface area contributed by atoms with E-state index in [0.717, 1.165) is 11.3 Å². The van der Waals surface area contributed by atoms with E-state index < -0.39 is 0 Å². The van der Waals surface area contributed by atoms with E-state index in [-0.39, 0.29) is 11.9 Å². The van der Waals surface area contributed by atoms with E-state index in [1.54, 1.807) is 24.4 Å². The number of benzene rings is 2. The first-order chi connectivity index (χ1) is 16.5. The maximum absolute atomic E-state index is 13.0. The van der Waals surface area contributed by atoms with Crippen molar-refractivity contribution < 1.29 is 23.7 Å². The van der Waals surface area contributed by atoms with Gasteiger partial charge in [-0.15, -0.1) is 0 Å². The molecule has 0 radical (unpaired) electrons. The highest BCUT2D eigenvalue weighted by atomic mass is 16.5. The molecule has 0 bridgehead atoms. The van der Waals surface area contributed by atoms with Gasteiger partial charge in [0.2, 0.25) is 0 Å². The number of carbonyl (C=O) groups excluding carboxylic acids is 1. The Hall–Kier alpha value is -3.74. The van der Waals surface area contributed by atoms with Gasteiger partial charge in [0.05, 0.1) is 31.6 Å². The lowest BCUT2D eigenvalue weighted by Gasteiger charge is -2.18. The zero-order valence-corrected chi connectivity index (χ0v) is 20.2. The van der Waals surface area contributed by atoms with Crippen molar-refractivity contribution in [1.29, 1.82) is 0 Å². The van der Waals surface area contributed by atoms with Gasteiger partial charge in [-0.2, -0.15) is 0 Å². The quantitative estimate of drug-likeness (QED) is 0.389. The van der Waals surface area contributed by atoms with Crippen LogP contribution in [0.5, 0.6) is 23.0 Å². The summed E-state index contributed by atoms with van der Waals surface area (Å²) in [6.45, 7) is 9.51. The summed E-state index contributed by atoms with van der Waals surface area (Å²) in [6.07, 6.45) is 1.72. The van der Waals surface area contributed by atoms with E-state index in [1.807, 2.05) is 64.1 Å². The fourth-order valence-electron chi connectivity index (χ4n) is 3.37. The van der Waals surface area contributed by atoms with Crippen molar-refractivity contribution in [3.8, 4) is 23.0 Å². The number of carbonyl (C=O) groups is 1. The van der Waals surface area contributed by atoms with Crippen molar-refractivity contribution in [2.24, 2.45) is 0 Å². The number of rotatable bonds is 12. The Morgan fingerprint density at radius 3 is 2.15 bits per heavy atom. The zero-order valence-electron chi connectivity index (χ0n) is 20.2. The molecule has 2 aromatic carbocycles. The summed E-state index contributed by atoms with van der Waals surface area (Å²) >= 11 is 0. The maximum Gasteiger partial charge on any atom is 0.251 e. The summed E-state index contributed by atoms with van der Waals surface area (Å²) in [4.78, 5) is 17.2. The fraction of sp³-hybridized carbons (Fsp3) is 0.333. The Kier molecular flexibility index (Phi) is 9.14. The minimum absolute atomic E-state index is 0.212. The van der Waals surface area contributed by atoms with Gasteiger partial charge in [-0.05, 0) is 75.7 Å². The molecule has 7 nitrogen and oxygen atoms in total. The largest absolute Gasteiger partial charge is 0.490 e. The van der Waals surface area contributed by atoms with Gasteiger partial charge in [0.1, 0.15) is 6.61 Å². The second-order valence-electron chi connectivity index (χ2n) is 7.47. The predicted octanol–water partition coefficient (Wildman–Crippen LogP) is 5.35. The van der Waals surface area contributed by atoms with Crippen molar-refractivity contribution in [3.05, 3.63) is 77.6 Å². The molecule has 1 N–H and O–H groups in total. The van der Waals surface area contributed by atoms with Gasteiger partial charge < -0.3 is 24.3 Å². The molecule has 1 aromatic heterocycles. The Bertz CT molecular complexity index is 1070. The molecule has 180 valence electrons. The van der Waals surface area contributed by atoms with Crippen LogP contribution in [0.15, 0.2) is 60.8 Å². The second kappa shape index (κ2) is 12.5. The van der Waals surface area contributed by atoms with E-state index in [9.17, 15) is 4.79 Å². The number of ether oxygens (including phenoxy) is 4. The molecule has 0 aliphatic carbocycles. The first-order valence-corrected chi connectivity index (χ1v) is 11.6. The van der Waals surface area contributed by atoms with E-state index >= 15 is 0 Å². The van der Waals surface area contributed by atoms with Gasteiger partial charge >= 0.3 is 0 Å². The van der Waals surface area contributed by atoms with Gasteiger partial charge in [0.25, 0.3) is 5.91 Å². The van der Waals surface area contributed by atoms with Crippen molar-refractivity contribution in [2.45, 2.75) is 40.3 Å². The molecule has 0 saturated carbocycles. The molecule has 1 heterocycles. The molecule has 0 saturated heterocycles. The van der Waals surface area contributed by atoms with Gasteiger partial charge in [-0.1, -0.05) is 12.1 Å². The van der Waals surface area contributed by atoms with Crippen LogP contribution in [0.25, 0.3) is 0 Å². The van der Waals surface area contributed by atoms with E-state index in [4.69, 9.17) is 18.9 Å². The second-order valence-corrected chi connectivity index (χ2v) is 7.47. The Morgan fingerprint density at radius 1 is 0.824 bits per heavy atom. The number of nitrogens with zero attached hydrogens (tertiary/aromatic N) is 1. The van der Waals surface area contributed by atoms with Gasteiger partial charge in [0, 0.05) is 11.8 Å². The summed E-state index contributed by atoms with van der Waals surface area (Å²) < 4.78 is 22.9. The highest BCUT2D eigenvalue weighted by Gasteiger charge is 2.17. The fourth-order valence-corrected chi connectivity index (χ4v) is 3.37. The van der Waals surface area contributed by atoms with E-state index in [2.05, 4.69) is 10.3 Å². The number of hydrogen-bond donors (Lipinski definition) is 1. The molecule has 0 unspecified atom stereocenters. The van der Waals surface area contributed by atoms with Gasteiger partial charge in [-0.3, -0.25) is 9.78 Å². The summed E-state index contributed by atoms with van der Waals surface area (Å²) in [5.41, 5.74) is 2.21. The average molecular weight is 465 g/mol. The van der Waals surface area contributed by atoms with Crippen molar-refractivity contribution >= 4 is 5.91 Å². The van der Waals surface area contributed by atoms with Crippen LogP contribution in [-0.2, 0) is 6.61 Å². The normalized spacial score (nSPS) is 11.4. The Morgan fingerprint density at radius 2 is 1.47 bits per heavy atom. The van der Waals surface area contributed by atoms with Crippen molar-refractivity contribution in [3.63, 3.8) is 0 Å². The minimum atomic E-state index is -0.238. The molecule has 0 aliphatic rings. The SMILES string of the molecule is CCOc1ccc([C@@H](C)NC(=O)c2ccc(OCc3ccccn3)c(OCC)c2)cc1OCC. The smallest absolute Gasteiger partial charge is 0.251 e. The van der Waals surface area contributed by atoms with Crippen molar-refractivity contribution in [1.82, 2.24) is 10.3 Å². The minimum Gasteiger partial charge on any atom is -0.490 e. The topological polar surface area (TPSA) is 78.9 Å².